The van der Waals surface area contributed by atoms with Crippen molar-refractivity contribution in [2.75, 3.05) is 11.9 Å². The van der Waals surface area contributed by atoms with Gasteiger partial charge >= 0.3 is 0 Å². The van der Waals surface area contributed by atoms with E-state index in [0.29, 0.717) is 5.92 Å². The van der Waals surface area contributed by atoms with Crippen LogP contribution in [0, 0.1) is 0 Å². The Balaban J connectivity index is 2.37. The zero-order valence-corrected chi connectivity index (χ0v) is 12.8. The maximum Gasteiger partial charge on any atom is 0.161 e. The van der Waals surface area contributed by atoms with Crippen molar-refractivity contribution < 1.29 is 0 Å². The molecule has 3 nitrogen and oxygen atoms in total. The van der Waals surface area contributed by atoms with Crippen LogP contribution in [0.4, 0.5) is 5.82 Å². The Morgan fingerprint density at radius 2 is 1.75 bits per heavy atom. The first-order valence-electron chi connectivity index (χ1n) is 7.36. The van der Waals surface area contributed by atoms with Crippen molar-refractivity contribution in [2.24, 2.45) is 0 Å². The van der Waals surface area contributed by atoms with Crippen LogP contribution in [-0.2, 0) is 6.42 Å². The number of hydrogen-bond acceptors (Lipinski definition) is 3. The number of nitrogens with zero attached hydrogens (tertiary/aromatic N) is 2. The second-order valence-corrected chi connectivity index (χ2v) is 5.23. The summed E-state index contributed by atoms with van der Waals surface area (Å²) in [6.07, 6.45) is 0.915. The quantitative estimate of drug-likeness (QED) is 0.881. The van der Waals surface area contributed by atoms with Gasteiger partial charge in [0.05, 0.1) is 0 Å². The van der Waals surface area contributed by atoms with Crippen LogP contribution in [0.3, 0.4) is 0 Å². The number of rotatable bonds is 5. The fourth-order valence-electron chi connectivity index (χ4n) is 2.10. The molecule has 0 atom stereocenters. The van der Waals surface area contributed by atoms with Crippen molar-refractivity contribution in [3.63, 3.8) is 0 Å². The lowest BCUT2D eigenvalue weighted by Gasteiger charge is -2.09. The molecular weight excluding hydrogens is 246 g/mol. The van der Waals surface area contributed by atoms with Crippen LogP contribution in [0.25, 0.3) is 11.4 Å². The molecule has 1 aromatic carbocycles. The standard InChI is InChI=1S/C17H23N3/c1-5-15-11-16(18-6-2)20-17(19-15)14-9-7-13(8-10-14)12(3)4/h7-12H,5-6H2,1-4H3,(H,18,19,20). The van der Waals surface area contributed by atoms with Gasteiger partial charge in [-0.25, -0.2) is 9.97 Å². The topological polar surface area (TPSA) is 37.8 Å². The summed E-state index contributed by atoms with van der Waals surface area (Å²) in [5.41, 5.74) is 3.48. The fourth-order valence-corrected chi connectivity index (χ4v) is 2.10. The minimum absolute atomic E-state index is 0.546. The molecule has 2 rings (SSSR count). The molecule has 1 aromatic heterocycles. The van der Waals surface area contributed by atoms with Gasteiger partial charge in [0, 0.05) is 23.9 Å². The van der Waals surface area contributed by atoms with Crippen molar-refractivity contribution in [2.45, 2.75) is 40.0 Å². The molecule has 2 aromatic rings. The molecule has 0 bridgehead atoms. The fraction of sp³-hybridized carbons (Fsp3) is 0.412. The average Bonchev–Trinajstić information content (AvgIpc) is 2.47. The van der Waals surface area contributed by atoms with Gasteiger partial charge in [-0.2, -0.15) is 0 Å². The third-order valence-corrected chi connectivity index (χ3v) is 3.33. The molecule has 0 saturated carbocycles. The third kappa shape index (κ3) is 3.35. The first-order valence-corrected chi connectivity index (χ1v) is 7.36. The molecule has 0 aliphatic heterocycles. The van der Waals surface area contributed by atoms with Crippen LogP contribution < -0.4 is 5.32 Å². The number of nitrogens with one attached hydrogen (secondary N) is 1. The number of benzene rings is 1. The summed E-state index contributed by atoms with van der Waals surface area (Å²) in [6, 6.07) is 10.6. The Morgan fingerprint density at radius 3 is 2.30 bits per heavy atom. The Morgan fingerprint density at radius 1 is 1.05 bits per heavy atom. The van der Waals surface area contributed by atoms with Crippen molar-refractivity contribution in [3.05, 3.63) is 41.6 Å². The Bertz CT molecular complexity index is 559. The van der Waals surface area contributed by atoms with Gasteiger partial charge in [0.15, 0.2) is 5.82 Å². The molecule has 1 N–H and O–H groups in total. The summed E-state index contributed by atoms with van der Waals surface area (Å²) in [4.78, 5) is 9.22. The normalized spacial score (nSPS) is 10.8. The second-order valence-electron chi connectivity index (χ2n) is 5.23. The van der Waals surface area contributed by atoms with E-state index in [1.807, 2.05) is 6.07 Å². The summed E-state index contributed by atoms with van der Waals surface area (Å²) in [5.74, 6) is 2.25. The first-order chi connectivity index (χ1) is 9.63. The van der Waals surface area contributed by atoms with Crippen LogP contribution in [0.5, 0.6) is 0 Å². The molecule has 1 heterocycles. The summed E-state index contributed by atoms with van der Waals surface area (Å²) in [7, 11) is 0. The van der Waals surface area contributed by atoms with Crippen LogP contribution in [-0.4, -0.2) is 16.5 Å². The predicted molar refractivity (Wildman–Crippen MR) is 85.1 cm³/mol. The van der Waals surface area contributed by atoms with E-state index in [2.05, 4.69) is 67.2 Å². The monoisotopic (exact) mass is 269 g/mol. The number of aromatic nitrogens is 2. The van der Waals surface area contributed by atoms with Crippen molar-refractivity contribution in [1.29, 1.82) is 0 Å². The van der Waals surface area contributed by atoms with Gasteiger partial charge in [0.2, 0.25) is 0 Å². The minimum atomic E-state index is 0.546. The highest BCUT2D eigenvalue weighted by molar-refractivity contribution is 5.58. The van der Waals surface area contributed by atoms with Crippen LogP contribution in [0.15, 0.2) is 30.3 Å². The van der Waals surface area contributed by atoms with E-state index in [4.69, 9.17) is 0 Å². The number of aryl methyl sites for hydroxylation is 1. The molecular formula is C17H23N3. The SMILES string of the molecule is CCNc1cc(CC)nc(-c2ccc(C(C)C)cc2)n1. The van der Waals surface area contributed by atoms with E-state index in [9.17, 15) is 0 Å². The third-order valence-electron chi connectivity index (χ3n) is 3.33. The summed E-state index contributed by atoms with van der Waals surface area (Å²) in [6.45, 7) is 9.46. The maximum atomic E-state index is 4.63. The van der Waals surface area contributed by atoms with Crippen LogP contribution in [0.2, 0.25) is 0 Å². The maximum absolute atomic E-state index is 4.63. The molecule has 3 heteroatoms. The molecule has 0 saturated heterocycles. The molecule has 0 radical (unpaired) electrons. The van der Waals surface area contributed by atoms with Crippen molar-refractivity contribution in [3.8, 4) is 11.4 Å². The van der Waals surface area contributed by atoms with Crippen LogP contribution >= 0.6 is 0 Å². The molecule has 0 aliphatic rings. The van der Waals surface area contributed by atoms with Crippen molar-refractivity contribution >= 4 is 5.82 Å². The highest BCUT2D eigenvalue weighted by atomic mass is 15.0. The van der Waals surface area contributed by atoms with E-state index in [1.165, 1.54) is 5.56 Å². The highest BCUT2D eigenvalue weighted by Gasteiger charge is 2.07. The van der Waals surface area contributed by atoms with E-state index in [-0.39, 0.29) is 0 Å². The highest BCUT2D eigenvalue weighted by Crippen LogP contribution is 2.21. The van der Waals surface area contributed by atoms with E-state index >= 15 is 0 Å². The summed E-state index contributed by atoms with van der Waals surface area (Å²) < 4.78 is 0. The molecule has 106 valence electrons. The predicted octanol–water partition coefficient (Wildman–Crippen LogP) is 4.26. The summed E-state index contributed by atoms with van der Waals surface area (Å²) >= 11 is 0. The van der Waals surface area contributed by atoms with Gasteiger partial charge in [0.1, 0.15) is 5.82 Å². The molecule has 0 fully saturated rings. The lowest BCUT2D eigenvalue weighted by molar-refractivity contribution is 0.866. The lowest BCUT2D eigenvalue weighted by atomic mass is 10.0. The van der Waals surface area contributed by atoms with E-state index in [1.54, 1.807) is 0 Å². The van der Waals surface area contributed by atoms with Crippen molar-refractivity contribution in [1.82, 2.24) is 9.97 Å². The van der Waals surface area contributed by atoms with Gasteiger partial charge in [-0.1, -0.05) is 45.0 Å². The largest absolute Gasteiger partial charge is 0.370 e. The molecule has 20 heavy (non-hydrogen) atoms. The molecule has 0 unspecified atom stereocenters. The van der Waals surface area contributed by atoms with Gasteiger partial charge in [-0.05, 0) is 24.8 Å². The lowest BCUT2D eigenvalue weighted by Crippen LogP contribution is -2.03. The number of anilines is 1. The first kappa shape index (κ1) is 14.5. The van der Waals surface area contributed by atoms with E-state index in [0.717, 1.165) is 35.9 Å². The van der Waals surface area contributed by atoms with Crippen LogP contribution in [0.1, 0.15) is 44.9 Å². The zero-order valence-electron chi connectivity index (χ0n) is 12.8. The van der Waals surface area contributed by atoms with Gasteiger partial charge in [0.25, 0.3) is 0 Å². The van der Waals surface area contributed by atoms with Gasteiger partial charge < -0.3 is 5.32 Å². The average molecular weight is 269 g/mol. The van der Waals surface area contributed by atoms with Gasteiger partial charge in [-0.15, -0.1) is 0 Å². The summed E-state index contributed by atoms with van der Waals surface area (Å²) in [5, 5.41) is 3.27. The zero-order chi connectivity index (χ0) is 14.5. The Labute approximate surface area is 121 Å². The smallest absolute Gasteiger partial charge is 0.161 e. The Hall–Kier alpha value is -1.90. The van der Waals surface area contributed by atoms with E-state index < -0.39 is 0 Å². The minimum Gasteiger partial charge on any atom is -0.370 e. The molecule has 0 spiro atoms. The molecule has 0 amide bonds. The molecule has 0 aliphatic carbocycles. The van der Waals surface area contributed by atoms with Gasteiger partial charge in [-0.3, -0.25) is 0 Å². The number of hydrogen-bond donors (Lipinski definition) is 1. The Kier molecular flexibility index (Phi) is 4.72. The second kappa shape index (κ2) is 6.51.